The lowest BCUT2D eigenvalue weighted by Gasteiger charge is -2.25. The van der Waals surface area contributed by atoms with E-state index in [1.807, 2.05) is 65.0 Å². The Morgan fingerprint density at radius 1 is 1.05 bits per heavy atom. The normalized spacial score (nSPS) is 23.3. The number of cyclic esters (lactones) is 1. The lowest BCUT2D eigenvalue weighted by atomic mass is 9.83. The van der Waals surface area contributed by atoms with Crippen molar-refractivity contribution < 1.29 is 29.3 Å². The van der Waals surface area contributed by atoms with Gasteiger partial charge in [-0.25, -0.2) is 9.59 Å². The number of ketones is 1. The minimum Gasteiger partial charge on any atom is -0.478 e. The van der Waals surface area contributed by atoms with E-state index in [1.165, 1.54) is 6.08 Å². The van der Waals surface area contributed by atoms with Crippen LogP contribution in [0.2, 0.25) is 0 Å². The molecule has 1 rings (SSSR count). The second-order valence-corrected chi connectivity index (χ2v) is 10.9. The van der Waals surface area contributed by atoms with Crippen molar-refractivity contribution in [2.75, 3.05) is 0 Å². The summed E-state index contributed by atoms with van der Waals surface area (Å²) in [7, 11) is 0. The standard InChI is InChI=1S/C32H46O6/c1-20(16-22(3)12-14-28-24(5)13-15-30(35)38-28)10-9-11-21(2)17-25(6)31(36)27(8)32(37)26(7)18-23(4)19-29(33)34/h9,11-17,19-20,24-28,32,37H,10,18H2,1-8H3,(H,33,34)/t20?,24-,25?,26?,27?,28-,32?/m0/s1. The molecule has 0 saturated heterocycles. The highest BCUT2D eigenvalue weighted by Crippen LogP contribution is 2.24. The number of esters is 1. The van der Waals surface area contributed by atoms with E-state index in [9.17, 15) is 19.5 Å². The topological polar surface area (TPSA) is 101 Å². The highest BCUT2D eigenvalue weighted by Gasteiger charge is 2.29. The smallest absolute Gasteiger partial charge is 0.331 e. The Labute approximate surface area is 228 Å². The maximum atomic E-state index is 12.9. The predicted octanol–water partition coefficient (Wildman–Crippen LogP) is 6.39. The molecule has 0 amide bonds. The monoisotopic (exact) mass is 526 g/mol. The van der Waals surface area contributed by atoms with E-state index >= 15 is 0 Å². The Hall–Kier alpha value is -2.99. The fourth-order valence-corrected chi connectivity index (χ4v) is 4.63. The third kappa shape index (κ3) is 12.0. The van der Waals surface area contributed by atoms with Crippen LogP contribution in [0.15, 0.2) is 71.4 Å². The number of aliphatic carboxylic acids is 1. The molecule has 0 spiro atoms. The van der Waals surface area contributed by atoms with Gasteiger partial charge in [0.05, 0.1) is 6.10 Å². The fourth-order valence-electron chi connectivity index (χ4n) is 4.63. The van der Waals surface area contributed by atoms with Crippen molar-refractivity contribution in [3.63, 3.8) is 0 Å². The molecule has 6 heteroatoms. The molecule has 6 nitrogen and oxygen atoms in total. The number of allylic oxidation sites excluding steroid dienone is 8. The van der Waals surface area contributed by atoms with E-state index in [2.05, 4.69) is 19.1 Å². The summed E-state index contributed by atoms with van der Waals surface area (Å²) in [4.78, 5) is 35.2. The number of aliphatic hydroxyl groups excluding tert-OH is 1. The van der Waals surface area contributed by atoms with Gasteiger partial charge in [0, 0.05) is 29.9 Å². The van der Waals surface area contributed by atoms with Crippen LogP contribution in [-0.2, 0) is 19.1 Å². The van der Waals surface area contributed by atoms with Gasteiger partial charge in [-0.3, -0.25) is 4.79 Å². The van der Waals surface area contributed by atoms with Crippen LogP contribution >= 0.6 is 0 Å². The van der Waals surface area contributed by atoms with E-state index in [4.69, 9.17) is 9.84 Å². The van der Waals surface area contributed by atoms with Gasteiger partial charge in [0.25, 0.3) is 0 Å². The molecule has 0 aliphatic carbocycles. The summed E-state index contributed by atoms with van der Waals surface area (Å²) >= 11 is 0. The van der Waals surface area contributed by atoms with E-state index in [1.54, 1.807) is 13.8 Å². The number of ether oxygens (including phenoxy) is 1. The minimum absolute atomic E-state index is 0.0378. The average molecular weight is 527 g/mol. The number of hydrogen-bond acceptors (Lipinski definition) is 5. The van der Waals surface area contributed by atoms with Crippen LogP contribution in [0.25, 0.3) is 0 Å². The van der Waals surface area contributed by atoms with Crippen LogP contribution in [0, 0.1) is 29.6 Å². The molecule has 1 aliphatic rings. The van der Waals surface area contributed by atoms with Crippen LogP contribution < -0.4 is 0 Å². The zero-order valence-electron chi connectivity index (χ0n) is 24.2. The molecule has 0 aromatic heterocycles. The molecule has 7 atom stereocenters. The molecule has 0 saturated carbocycles. The summed E-state index contributed by atoms with van der Waals surface area (Å²) in [5.74, 6) is -2.02. The number of hydrogen-bond donors (Lipinski definition) is 2. The van der Waals surface area contributed by atoms with Gasteiger partial charge in [-0.15, -0.1) is 0 Å². The van der Waals surface area contributed by atoms with Crippen LogP contribution in [0.1, 0.15) is 68.2 Å². The molecule has 1 aliphatic heterocycles. The first kappa shape index (κ1) is 33.0. The largest absolute Gasteiger partial charge is 0.478 e. The van der Waals surface area contributed by atoms with Crippen molar-refractivity contribution >= 4 is 17.7 Å². The molecule has 0 aromatic carbocycles. The number of carboxylic acid groups (broad SMARTS) is 1. The van der Waals surface area contributed by atoms with Crippen LogP contribution in [0.4, 0.5) is 0 Å². The molecule has 2 N–H and O–H groups in total. The van der Waals surface area contributed by atoms with Gasteiger partial charge < -0.3 is 14.9 Å². The molecule has 0 fully saturated rings. The van der Waals surface area contributed by atoms with Crippen molar-refractivity contribution in [3.05, 3.63) is 71.4 Å². The first-order valence-electron chi connectivity index (χ1n) is 13.4. The minimum atomic E-state index is -1.01. The van der Waals surface area contributed by atoms with Gasteiger partial charge in [-0.2, -0.15) is 0 Å². The van der Waals surface area contributed by atoms with Crippen molar-refractivity contribution in [1.82, 2.24) is 0 Å². The predicted molar refractivity (Wildman–Crippen MR) is 152 cm³/mol. The second kappa shape index (κ2) is 16.1. The van der Waals surface area contributed by atoms with Gasteiger partial charge in [0.15, 0.2) is 0 Å². The van der Waals surface area contributed by atoms with E-state index in [0.717, 1.165) is 23.6 Å². The van der Waals surface area contributed by atoms with E-state index in [0.29, 0.717) is 17.9 Å². The number of aliphatic hydroxyl groups is 1. The molecule has 5 unspecified atom stereocenters. The highest BCUT2D eigenvalue weighted by molar-refractivity contribution is 5.85. The van der Waals surface area contributed by atoms with Crippen LogP contribution in [0.5, 0.6) is 0 Å². The van der Waals surface area contributed by atoms with E-state index < -0.39 is 18.0 Å². The van der Waals surface area contributed by atoms with Crippen molar-refractivity contribution in [3.8, 4) is 0 Å². The van der Waals surface area contributed by atoms with Gasteiger partial charge in [-0.1, -0.05) is 87.8 Å². The Morgan fingerprint density at radius 2 is 1.68 bits per heavy atom. The number of rotatable bonds is 14. The number of Topliss-reactive ketones (excluding diaryl/α,β-unsaturated/α-hetero) is 1. The van der Waals surface area contributed by atoms with Crippen LogP contribution in [0.3, 0.4) is 0 Å². The third-order valence-corrected chi connectivity index (χ3v) is 6.81. The van der Waals surface area contributed by atoms with Gasteiger partial charge in [0.2, 0.25) is 0 Å². The van der Waals surface area contributed by atoms with Gasteiger partial charge in [0.1, 0.15) is 11.9 Å². The highest BCUT2D eigenvalue weighted by atomic mass is 16.5. The molecule has 0 radical (unpaired) electrons. The molecule has 0 aromatic rings. The molecular formula is C32H46O6. The van der Waals surface area contributed by atoms with Crippen molar-refractivity contribution in [2.24, 2.45) is 29.6 Å². The molecule has 0 bridgehead atoms. The summed E-state index contributed by atoms with van der Waals surface area (Å²) in [5.41, 5.74) is 2.75. The van der Waals surface area contributed by atoms with Gasteiger partial charge in [-0.05, 0) is 51.5 Å². The van der Waals surface area contributed by atoms with Crippen molar-refractivity contribution in [1.29, 1.82) is 0 Å². The summed E-state index contributed by atoms with van der Waals surface area (Å²) in [5, 5.41) is 19.5. The fraction of sp³-hybridized carbons (Fsp3) is 0.531. The number of carboxylic acids is 1. The Bertz CT molecular complexity index is 1010. The Balaban J connectivity index is 2.63. The average Bonchev–Trinajstić information content (AvgIpc) is 2.82. The first-order chi connectivity index (χ1) is 17.7. The number of carbonyl (C=O) groups excluding carboxylic acids is 2. The zero-order chi connectivity index (χ0) is 29.0. The van der Waals surface area contributed by atoms with Crippen LogP contribution in [-0.4, -0.2) is 40.1 Å². The lowest BCUT2D eigenvalue weighted by molar-refractivity contribution is -0.143. The summed E-state index contributed by atoms with van der Waals surface area (Å²) in [6.45, 7) is 15.3. The number of carbonyl (C=O) groups is 3. The Morgan fingerprint density at radius 3 is 2.32 bits per heavy atom. The maximum Gasteiger partial charge on any atom is 0.331 e. The van der Waals surface area contributed by atoms with Crippen molar-refractivity contribution in [2.45, 2.75) is 80.4 Å². The zero-order valence-corrected chi connectivity index (χ0v) is 24.2. The Kier molecular flexibility index (Phi) is 14.0. The molecule has 1 heterocycles. The summed E-state index contributed by atoms with van der Waals surface area (Å²) < 4.78 is 5.34. The van der Waals surface area contributed by atoms with E-state index in [-0.39, 0.29) is 35.6 Å². The summed E-state index contributed by atoms with van der Waals surface area (Å²) in [6.07, 6.45) is 16.8. The lowest BCUT2D eigenvalue weighted by Crippen LogP contribution is -2.34. The third-order valence-electron chi connectivity index (χ3n) is 6.81. The first-order valence-corrected chi connectivity index (χ1v) is 13.4. The SMILES string of the molecule is CC(C=C[C@@H]1OC(=O)C=C[C@@H]1C)=CC(C)CC=CC(C)=CC(C)C(=O)C(C)C(O)C(C)CC(C)=CC(=O)O. The quantitative estimate of drug-likeness (QED) is 0.154. The maximum absolute atomic E-state index is 12.9. The summed E-state index contributed by atoms with van der Waals surface area (Å²) in [6, 6.07) is 0. The molecule has 210 valence electrons. The molecular weight excluding hydrogens is 480 g/mol. The second-order valence-electron chi connectivity index (χ2n) is 10.9. The van der Waals surface area contributed by atoms with Gasteiger partial charge >= 0.3 is 11.9 Å². The molecule has 38 heavy (non-hydrogen) atoms.